The summed E-state index contributed by atoms with van der Waals surface area (Å²) in [6.45, 7) is 6.70. The Morgan fingerprint density at radius 2 is 1.96 bits per heavy atom. The van der Waals surface area contributed by atoms with Crippen LogP contribution in [0.2, 0.25) is 0 Å². The zero-order valence-corrected chi connectivity index (χ0v) is 15.8. The van der Waals surface area contributed by atoms with Crippen molar-refractivity contribution in [3.05, 3.63) is 24.3 Å². The van der Waals surface area contributed by atoms with E-state index in [1.165, 1.54) is 23.1 Å². The molecule has 0 fully saturated rings. The number of rotatable bonds is 8. The fourth-order valence-corrected chi connectivity index (χ4v) is 3.70. The van der Waals surface area contributed by atoms with Gasteiger partial charge in [-0.15, -0.1) is 10.2 Å². The highest BCUT2D eigenvalue weighted by Gasteiger charge is 2.17. The first-order chi connectivity index (χ1) is 11.5. The van der Waals surface area contributed by atoms with Crippen molar-refractivity contribution < 1.29 is 9.53 Å². The van der Waals surface area contributed by atoms with Crippen LogP contribution in [0.4, 0.5) is 10.8 Å². The molecule has 1 aromatic heterocycles. The maximum absolute atomic E-state index is 12.0. The quantitative estimate of drug-likeness (QED) is 0.696. The summed E-state index contributed by atoms with van der Waals surface area (Å²) in [7, 11) is 1.63. The molecule has 1 unspecified atom stereocenters. The Hall–Kier alpha value is -1.80. The van der Waals surface area contributed by atoms with Crippen molar-refractivity contribution in [3.63, 3.8) is 0 Å². The van der Waals surface area contributed by atoms with Gasteiger partial charge in [-0.2, -0.15) is 0 Å². The van der Waals surface area contributed by atoms with E-state index in [1.54, 1.807) is 7.11 Å². The number of ether oxygens (including phenoxy) is 1. The molecule has 0 aliphatic carbocycles. The summed E-state index contributed by atoms with van der Waals surface area (Å²) >= 11 is 2.84. The normalized spacial score (nSPS) is 12.0. The Balaban J connectivity index is 1.88. The average Bonchev–Trinajstić information content (AvgIpc) is 3.00. The number of carbonyl (C=O) groups is 1. The lowest BCUT2D eigenvalue weighted by molar-refractivity contribution is -0.120. The summed E-state index contributed by atoms with van der Waals surface area (Å²) < 4.78 is 5.89. The molecule has 8 heteroatoms. The molecule has 0 saturated carbocycles. The van der Waals surface area contributed by atoms with E-state index in [1.807, 2.05) is 31.2 Å². The van der Waals surface area contributed by atoms with Crippen LogP contribution in [0, 0.1) is 5.92 Å². The van der Waals surface area contributed by atoms with Gasteiger partial charge in [0.05, 0.1) is 12.4 Å². The van der Waals surface area contributed by atoms with Gasteiger partial charge in [-0.1, -0.05) is 36.9 Å². The first-order valence-electron chi connectivity index (χ1n) is 7.67. The predicted molar refractivity (Wildman–Crippen MR) is 99.4 cm³/mol. The largest absolute Gasteiger partial charge is 0.497 e. The van der Waals surface area contributed by atoms with Crippen LogP contribution < -0.4 is 15.4 Å². The smallest absolute Gasteiger partial charge is 0.233 e. The van der Waals surface area contributed by atoms with Crippen molar-refractivity contribution in [2.45, 2.75) is 30.4 Å². The Kier molecular flexibility index (Phi) is 6.86. The number of nitrogens with one attached hydrogen (secondary N) is 2. The number of carbonyl (C=O) groups excluding carboxylic acids is 1. The van der Waals surface area contributed by atoms with Crippen molar-refractivity contribution in [1.29, 1.82) is 0 Å². The van der Waals surface area contributed by atoms with Crippen LogP contribution in [0.3, 0.4) is 0 Å². The first-order valence-corrected chi connectivity index (χ1v) is 9.36. The summed E-state index contributed by atoms with van der Waals surface area (Å²) in [4.78, 5) is 12.0. The summed E-state index contributed by atoms with van der Waals surface area (Å²) in [6.07, 6.45) is 0. The van der Waals surface area contributed by atoms with Crippen LogP contribution in [0.25, 0.3) is 0 Å². The molecule has 1 aromatic carbocycles. The monoisotopic (exact) mass is 366 g/mol. The summed E-state index contributed by atoms with van der Waals surface area (Å²) in [5.74, 6) is 1.26. The fraction of sp³-hybridized carbons (Fsp3) is 0.438. The van der Waals surface area contributed by atoms with Crippen molar-refractivity contribution in [2.75, 3.05) is 19.0 Å². The third-order valence-corrected chi connectivity index (χ3v) is 5.10. The van der Waals surface area contributed by atoms with E-state index < -0.39 is 0 Å². The maximum Gasteiger partial charge on any atom is 0.233 e. The summed E-state index contributed by atoms with van der Waals surface area (Å²) in [5, 5.41) is 14.9. The molecule has 1 amide bonds. The van der Waals surface area contributed by atoms with Gasteiger partial charge in [-0.25, -0.2) is 0 Å². The highest BCUT2D eigenvalue weighted by Crippen LogP contribution is 2.30. The zero-order valence-electron chi connectivity index (χ0n) is 14.2. The maximum atomic E-state index is 12.0. The van der Waals surface area contributed by atoms with Gasteiger partial charge in [0.15, 0.2) is 4.34 Å². The Labute approximate surface area is 150 Å². The minimum Gasteiger partial charge on any atom is -0.497 e. The van der Waals surface area contributed by atoms with Gasteiger partial charge in [0.1, 0.15) is 5.75 Å². The SMILES string of the molecule is COc1ccc(Nc2nnc(SC(C)C(=O)NCC(C)C)s2)cc1. The number of nitrogens with zero attached hydrogens (tertiary/aromatic N) is 2. The molecule has 0 bridgehead atoms. The second-order valence-electron chi connectivity index (χ2n) is 5.63. The van der Waals surface area contributed by atoms with Crippen LogP contribution in [0.5, 0.6) is 5.75 Å². The summed E-state index contributed by atoms with van der Waals surface area (Å²) in [5.41, 5.74) is 0.909. The first kappa shape index (κ1) is 18.5. The van der Waals surface area contributed by atoms with Crippen molar-refractivity contribution in [3.8, 4) is 5.75 Å². The van der Waals surface area contributed by atoms with Crippen LogP contribution in [-0.2, 0) is 4.79 Å². The number of thioether (sulfide) groups is 1. The second kappa shape index (κ2) is 8.89. The molecule has 6 nitrogen and oxygen atoms in total. The lowest BCUT2D eigenvalue weighted by Crippen LogP contribution is -2.33. The predicted octanol–water partition coefficient (Wildman–Crippen LogP) is 3.54. The van der Waals surface area contributed by atoms with E-state index >= 15 is 0 Å². The fourth-order valence-electron chi connectivity index (χ4n) is 1.76. The van der Waals surface area contributed by atoms with E-state index in [4.69, 9.17) is 4.74 Å². The molecule has 2 N–H and O–H groups in total. The third kappa shape index (κ3) is 5.68. The van der Waals surface area contributed by atoms with Gasteiger partial charge in [0, 0.05) is 12.2 Å². The molecular formula is C16H22N4O2S2. The Bertz CT molecular complexity index is 658. The number of anilines is 2. The van der Waals surface area contributed by atoms with E-state index in [0.29, 0.717) is 17.6 Å². The van der Waals surface area contributed by atoms with Crippen molar-refractivity contribution >= 4 is 39.8 Å². The van der Waals surface area contributed by atoms with Crippen molar-refractivity contribution in [2.24, 2.45) is 5.92 Å². The average molecular weight is 367 g/mol. The third-order valence-electron chi connectivity index (χ3n) is 3.08. The lowest BCUT2D eigenvalue weighted by atomic mass is 10.2. The zero-order chi connectivity index (χ0) is 17.5. The minimum absolute atomic E-state index is 0.0218. The van der Waals surface area contributed by atoms with E-state index in [-0.39, 0.29) is 11.2 Å². The van der Waals surface area contributed by atoms with E-state index in [0.717, 1.165) is 15.8 Å². The van der Waals surface area contributed by atoms with Gasteiger partial charge < -0.3 is 15.4 Å². The topological polar surface area (TPSA) is 76.1 Å². The standard InChI is InChI=1S/C16H22N4O2S2/c1-10(2)9-17-14(21)11(3)23-16-20-19-15(24-16)18-12-5-7-13(22-4)8-6-12/h5-8,10-11H,9H2,1-4H3,(H,17,21)(H,18,19). The molecule has 130 valence electrons. The number of hydrogen-bond donors (Lipinski definition) is 2. The molecule has 0 spiro atoms. The number of hydrogen-bond acceptors (Lipinski definition) is 7. The number of benzene rings is 1. The van der Waals surface area contributed by atoms with E-state index in [2.05, 4.69) is 34.7 Å². The number of methoxy groups -OCH3 is 1. The minimum atomic E-state index is -0.203. The molecule has 2 rings (SSSR count). The van der Waals surface area contributed by atoms with Gasteiger partial charge >= 0.3 is 0 Å². The Morgan fingerprint density at radius 1 is 1.25 bits per heavy atom. The molecule has 0 saturated heterocycles. The van der Waals surface area contributed by atoms with Gasteiger partial charge in [-0.3, -0.25) is 4.79 Å². The second-order valence-corrected chi connectivity index (χ2v) is 8.19. The van der Waals surface area contributed by atoms with Crippen LogP contribution >= 0.6 is 23.1 Å². The molecule has 0 radical (unpaired) electrons. The lowest BCUT2D eigenvalue weighted by Gasteiger charge is -2.11. The molecule has 0 aliphatic rings. The Morgan fingerprint density at radius 3 is 2.58 bits per heavy atom. The van der Waals surface area contributed by atoms with Crippen LogP contribution in [0.1, 0.15) is 20.8 Å². The molecule has 1 heterocycles. The summed E-state index contributed by atoms with van der Waals surface area (Å²) in [6, 6.07) is 7.57. The highest BCUT2D eigenvalue weighted by molar-refractivity contribution is 8.02. The molecular weight excluding hydrogens is 344 g/mol. The molecule has 24 heavy (non-hydrogen) atoms. The van der Waals surface area contributed by atoms with E-state index in [9.17, 15) is 4.79 Å². The number of amides is 1. The van der Waals surface area contributed by atoms with Gasteiger partial charge in [0.25, 0.3) is 0 Å². The molecule has 0 aliphatic heterocycles. The van der Waals surface area contributed by atoms with Crippen molar-refractivity contribution in [1.82, 2.24) is 15.5 Å². The van der Waals surface area contributed by atoms with Crippen LogP contribution in [-0.4, -0.2) is 35.0 Å². The van der Waals surface area contributed by atoms with Gasteiger partial charge in [0.2, 0.25) is 11.0 Å². The van der Waals surface area contributed by atoms with Crippen LogP contribution in [0.15, 0.2) is 28.6 Å². The van der Waals surface area contributed by atoms with Gasteiger partial charge in [-0.05, 0) is 37.1 Å². The highest BCUT2D eigenvalue weighted by atomic mass is 32.2. The number of aromatic nitrogens is 2. The molecule has 2 aromatic rings. The molecule has 1 atom stereocenters.